The predicted octanol–water partition coefficient (Wildman–Crippen LogP) is 3.82. The molecular formula is C19H21NO4. The van der Waals surface area contributed by atoms with Crippen molar-refractivity contribution in [2.45, 2.75) is 20.3 Å². The smallest absolute Gasteiger partial charge is 0.338 e. The number of anilines is 1. The number of nitrogens with one attached hydrogen (secondary N) is 1. The van der Waals surface area contributed by atoms with Gasteiger partial charge in [0, 0.05) is 11.3 Å². The number of hydrogen-bond donors (Lipinski definition) is 1. The SMILES string of the molecule is CCCOc1ccc(C(=O)Nc2cccc(C(=O)OC)c2C)cc1. The van der Waals surface area contributed by atoms with Crippen molar-refractivity contribution in [1.82, 2.24) is 0 Å². The Kier molecular flexibility index (Phi) is 5.95. The Hall–Kier alpha value is -2.82. The van der Waals surface area contributed by atoms with E-state index in [1.165, 1.54) is 7.11 Å². The fourth-order valence-electron chi connectivity index (χ4n) is 2.22. The molecule has 0 heterocycles. The van der Waals surface area contributed by atoms with Crippen LogP contribution in [0.5, 0.6) is 5.75 Å². The van der Waals surface area contributed by atoms with E-state index in [9.17, 15) is 9.59 Å². The van der Waals surface area contributed by atoms with E-state index in [-0.39, 0.29) is 5.91 Å². The topological polar surface area (TPSA) is 64.6 Å². The molecule has 24 heavy (non-hydrogen) atoms. The molecule has 0 fully saturated rings. The highest BCUT2D eigenvalue weighted by molar-refractivity contribution is 6.05. The van der Waals surface area contributed by atoms with Crippen molar-refractivity contribution in [3.8, 4) is 5.75 Å². The van der Waals surface area contributed by atoms with Gasteiger partial charge in [-0.05, 0) is 55.3 Å². The molecule has 1 N–H and O–H groups in total. The minimum absolute atomic E-state index is 0.248. The highest BCUT2D eigenvalue weighted by Gasteiger charge is 2.14. The number of amides is 1. The fraction of sp³-hybridized carbons (Fsp3) is 0.263. The quantitative estimate of drug-likeness (QED) is 0.819. The first-order valence-corrected chi connectivity index (χ1v) is 7.79. The molecule has 0 bridgehead atoms. The van der Waals surface area contributed by atoms with Gasteiger partial charge >= 0.3 is 5.97 Å². The van der Waals surface area contributed by atoms with E-state index < -0.39 is 5.97 Å². The molecule has 0 aromatic heterocycles. The molecule has 0 aliphatic carbocycles. The van der Waals surface area contributed by atoms with Crippen LogP contribution in [0.2, 0.25) is 0 Å². The molecule has 0 radical (unpaired) electrons. The third kappa shape index (κ3) is 4.13. The summed E-state index contributed by atoms with van der Waals surface area (Å²) in [5.41, 5.74) is 2.19. The van der Waals surface area contributed by atoms with Crippen molar-refractivity contribution in [3.63, 3.8) is 0 Å². The summed E-state index contributed by atoms with van der Waals surface area (Å²) in [5, 5.41) is 2.82. The van der Waals surface area contributed by atoms with Gasteiger partial charge in [0.1, 0.15) is 5.75 Å². The second-order valence-electron chi connectivity index (χ2n) is 5.30. The minimum Gasteiger partial charge on any atom is -0.494 e. The first-order chi connectivity index (χ1) is 11.6. The van der Waals surface area contributed by atoms with E-state index in [2.05, 4.69) is 5.32 Å². The summed E-state index contributed by atoms with van der Waals surface area (Å²) in [5.74, 6) is 0.0560. The van der Waals surface area contributed by atoms with Crippen molar-refractivity contribution in [2.24, 2.45) is 0 Å². The van der Waals surface area contributed by atoms with Crippen molar-refractivity contribution >= 4 is 17.6 Å². The molecule has 5 heteroatoms. The number of methoxy groups -OCH3 is 1. The number of ether oxygens (including phenoxy) is 2. The number of benzene rings is 2. The largest absolute Gasteiger partial charge is 0.494 e. The van der Waals surface area contributed by atoms with Gasteiger partial charge < -0.3 is 14.8 Å². The lowest BCUT2D eigenvalue weighted by Gasteiger charge is -2.12. The fourth-order valence-corrected chi connectivity index (χ4v) is 2.22. The third-order valence-corrected chi connectivity index (χ3v) is 3.58. The first kappa shape index (κ1) is 17.5. The van der Waals surface area contributed by atoms with Gasteiger partial charge in [0.05, 0.1) is 19.3 Å². The van der Waals surface area contributed by atoms with Gasteiger partial charge in [-0.25, -0.2) is 4.79 Å². The lowest BCUT2D eigenvalue weighted by molar-refractivity contribution is 0.0599. The van der Waals surface area contributed by atoms with Crippen LogP contribution < -0.4 is 10.1 Å². The number of carbonyl (C=O) groups is 2. The molecule has 0 aliphatic rings. The standard InChI is InChI=1S/C19H21NO4/c1-4-12-24-15-10-8-14(9-11-15)18(21)20-17-7-5-6-16(13(17)2)19(22)23-3/h5-11H,4,12H2,1-3H3,(H,20,21). The van der Waals surface area contributed by atoms with Crippen molar-refractivity contribution in [2.75, 3.05) is 19.0 Å². The summed E-state index contributed by atoms with van der Waals surface area (Å²) in [4.78, 5) is 24.1. The molecule has 0 saturated heterocycles. The summed E-state index contributed by atoms with van der Waals surface area (Å²) in [7, 11) is 1.33. The van der Waals surface area contributed by atoms with Crippen LogP contribution in [0.15, 0.2) is 42.5 Å². The molecule has 2 aromatic carbocycles. The number of rotatable bonds is 6. The maximum atomic E-state index is 12.4. The summed E-state index contributed by atoms with van der Waals surface area (Å²) < 4.78 is 10.2. The average molecular weight is 327 g/mol. The van der Waals surface area contributed by atoms with Gasteiger partial charge in [0.25, 0.3) is 5.91 Å². The Balaban J connectivity index is 2.13. The van der Waals surface area contributed by atoms with Crippen molar-refractivity contribution in [3.05, 3.63) is 59.2 Å². The number of hydrogen-bond acceptors (Lipinski definition) is 4. The van der Waals surface area contributed by atoms with Gasteiger partial charge in [-0.2, -0.15) is 0 Å². The number of esters is 1. The molecule has 1 amide bonds. The summed E-state index contributed by atoms with van der Waals surface area (Å²) in [6.07, 6.45) is 0.929. The molecule has 0 aliphatic heterocycles. The van der Waals surface area contributed by atoms with Crippen LogP contribution in [0, 0.1) is 6.92 Å². The molecular weight excluding hydrogens is 306 g/mol. The highest BCUT2D eigenvalue weighted by Crippen LogP contribution is 2.21. The molecule has 2 rings (SSSR count). The zero-order valence-electron chi connectivity index (χ0n) is 14.1. The first-order valence-electron chi connectivity index (χ1n) is 7.79. The Morgan fingerprint density at radius 1 is 1.08 bits per heavy atom. The molecule has 0 unspecified atom stereocenters. The molecule has 0 saturated carbocycles. The predicted molar refractivity (Wildman–Crippen MR) is 92.7 cm³/mol. The second-order valence-corrected chi connectivity index (χ2v) is 5.30. The monoisotopic (exact) mass is 327 g/mol. The Labute approximate surface area is 141 Å². The van der Waals surface area contributed by atoms with Gasteiger partial charge in [-0.1, -0.05) is 13.0 Å². The van der Waals surface area contributed by atoms with E-state index in [0.29, 0.717) is 29.0 Å². The third-order valence-electron chi connectivity index (χ3n) is 3.58. The van der Waals surface area contributed by atoms with E-state index in [1.54, 1.807) is 49.4 Å². The van der Waals surface area contributed by atoms with Crippen LogP contribution >= 0.6 is 0 Å². The van der Waals surface area contributed by atoms with Crippen molar-refractivity contribution in [1.29, 1.82) is 0 Å². The normalized spacial score (nSPS) is 10.1. The molecule has 0 atom stereocenters. The summed E-state index contributed by atoms with van der Waals surface area (Å²) in [6, 6.07) is 12.1. The van der Waals surface area contributed by atoms with Crippen LogP contribution in [-0.4, -0.2) is 25.6 Å². The molecule has 126 valence electrons. The summed E-state index contributed by atoms with van der Waals surface area (Å²) in [6.45, 7) is 4.45. The highest BCUT2D eigenvalue weighted by atomic mass is 16.5. The van der Waals surface area contributed by atoms with E-state index in [4.69, 9.17) is 9.47 Å². The average Bonchev–Trinajstić information content (AvgIpc) is 2.61. The lowest BCUT2D eigenvalue weighted by Crippen LogP contribution is -2.14. The Bertz CT molecular complexity index is 723. The van der Waals surface area contributed by atoms with Crippen molar-refractivity contribution < 1.29 is 19.1 Å². The molecule has 5 nitrogen and oxygen atoms in total. The zero-order chi connectivity index (χ0) is 17.5. The maximum absolute atomic E-state index is 12.4. The zero-order valence-corrected chi connectivity index (χ0v) is 14.1. The summed E-state index contributed by atoms with van der Waals surface area (Å²) >= 11 is 0. The van der Waals surface area contributed by atoms with Crippen LogP contribution in [-0.2, 0) is 4.74 Å². The molecule has 2 aromatic rings. The van der Waals surface area contributed by atoms with Crippen LogP contribution in [0.3, 0.4) is 0 Å². The minimum atomic E-state index is -0.430. The number of carbonyl (C=O) groups excluding carboxylic acids is 2. The van der Waals surface area contributed by atoms with Gasteiger partial charge in [-0.3, -0.25) is 4.79 Å². The van der Waals surface area contributed by atoms with Gasteiger partial charge in [0.15, 0.2) is 0 Å². The van der Waals surface area contributed by atoms with Crippen LogP contribution in [0.25, 0.3) is 0 Å². The van der Waals surface area contributed by atoms with Crippen LogP contribution in [0.4, 0.5) is 5.69 Å². The second kappa shape index (κ2) is 8.15. The lowest BCUT2D eigenvalue weighted by atomic mass is 10.1. The van der Waals surface area contributed by atoms with E-state index in [0.717, 1.165) is 12.2 Å². The van der Waals surface area contributed by atoms with Gasteiger partial charge in [-0.15, -0.1) is 0 Å². The Morgan fingerprint density at radius 3 is 2.42 bits per heavy atom. The van der Waals surface area contributed by atoms with E-state index in [1.807, 2.05) is 6.92 Å². The van der Waals surface area contributed by atoms with Gasteiger partial charge in [0.2, 0.25) is 0 Å². The maximum Gasteiger partial charge on any atom is 0.338 e. The van der Waals surface area contributed by atoms with E-state index >= 15 is 0 Å². The molecule has 0 spiro atoms. The van der Waals surface area contributed by atoms with Crippen LogP contribution in [0.1, 0.15) is 39.6 Å². The Morgan fingerprint density at radius 2 is 1.79 bits per heavy atom.